The third kappa shape index (κ3) is 5.24. The molecule has 1 heterocycles. The van der Waals surface area contributed by atoms with Crippen LogP contribution < -0.4 is 0 Å². The van der Waals surface area contributed by atoms with Gasteiger partial charge in [0.25, 0.3) is 0 Å². The maximum atomic E-state index is 5.61. The van der Waals surface area contributed by atoms with Crippen molar-refractivity contribution in [3.63, 3.8) is 0 Å². The summed E-state index contributed by atoms with van der Waals surface area (Å²) in [6.45, 7) is 9.40. The summed E-state index contributed by atoms with van der Waals surface area (Å²) in [6, 6.07) is 0. The lowest BCUT2D eigenvalue weighted by molar-refractivity contribution is 0.0805. The summed E-state index contributed by atoms with van der Waals surface area (Å²) in [4.78, 5) is 4.09. The van der Waals surface area contributed by atoms with Crippen LogP contribution in [-0.4, -0.2) is 45.7 Å². The molecule has 1 aromatic heterocycles. The number of nitrogens with zero attached hydrogens (tertiary/aromatic N) is 3. The number of hydrogen-bond donors (Lipinski definition) is 0. The van der Waals surface area contributed by atoms with Gasteiger partial charge in [-0.3, -0.25) is 0 Å². The van der Waals surface area contributed by atoms with Gasteiger partial charge >= 0.3 is 0 Å². The van der Waals surface area contributed by atoms with Crippen LogP contribution in [0.25, 0.3) is 5.76 Å². The normalized spacial score (nSPS) is 14.1. The number of hydrogen-bond acceptors (Lipinski definition) is 4. The topological polar surface area (TPSA) is 49.2 Å². The van der Waals surface area contributed by atoms with Crippen LogP contribution in [-0.2, 0) is 27.1 Å². The van der Waals surface area contributed by atoms with Gasteiger partial charge in [0.2, 0.25) is 5.82 Å². The van der Waals surface area contributed by atoms with Crippen molar-refractivity contribution < 1.29 is 9.47 Å². The van der Waals surface area contributed by atoms with Crippen LogP contribution in [0.3, 0.4) is 0 Å². The molecule has 5 nitrogen and oxygen atoms in total. The molecular weight excluding hydrogens is 262 g/mol. The van der Waals surface area contributed by atoms with E-state index in [9.17, 15) is 0 Å². The Morgan fingerprint density at radius 2 is 2.32 bits per heavy atom. The first-order valence-electron chi connectivity index (χ1n) is 6.40. The first-order valence-corrected chi connectivity index (χ1v) is 8.26. The van der Waals surface area contributed by atoms with E-state index in [-0.39, 0.29) is 0 Å². The van der Waals surface area contributed by atoms with E-state index >= 15 is 0 Å². The zero-order valence-electron chi connectivity index (χ0n) is 12.3. The van der Waals surface area contributed by atoms with Gasteiger partial charge in [-0.25, -0.2) is 9.67 Å². The Balaban J connectivity index is 2.26. The van der Waals surface area contributed by atoms with Gasteiger partial charge in [-0.05, 0) is 24.2 Å². The molecule has 0 saturated heterocycles. The fraction of sp³-hybridized carbons (Fsp3) is 0.692. The monoisotopic (exact) mass is 286 g/mol. The molecule has 1 aromatic rings. The van der Waals surface area contributed by atoms with Crippen molar-refractivity contribution in [3.8, 4) is 0 Å². The van der Waals surface area contributed by atoms with Gasteiger partial charge in [0.1, 0.15) is 24.1 Å². The quantitative estimate of drug-likeness (QED) is 0.395. The number of ether oxygens (including phenoxy) is 2. The molecule has 19 heavy (non-hydrogen) atoms. The van der Waals surface area contributed by atoms with Crippen LogP contribution >= 0.6 is 0 Å². The van der Waals surface area contributed by atoms with Crippen molar-refractivity contribution in [2.24, 2.45) is 0 Å². The molecule has 2 unspecified atom stereocenters. The molecule has 0 fully saturated rings. The lowest BCUT2D eigenvalue weighted by Gasteiger charge is -2.09. The molecule has 1 rings (SSSR count). The average molecular weight is 286 g/mol. The smallest absolute Gasteiger partial charge is 0.215 e. The van der Waals surface area contributed by atoms with Gasteiger partial charge in [0, 0.05) is 0 Å². The zero-order valence-corrected chi connectivity index (χ0v) is 13.1. The summed E-state index contributed by atoms with van der Waals surface area (Å²) in [5, 5.41) is 4.98. The Hall–Kier alpha value is -1.01. The Kier molecular flexibility index (Phi) is 6.94. The molecule has 0 spiro atoms. The molecule has 108 valence electrons. The summed E-state index contributed by atoms with van der Waals surface area (Å²) in [5.41, 5.74) is 0. The summed E-state index contributed by atoms with van der Waals surface area (Å²) in [7, 11) is 1.97. The van der Waals surface area contributed by atoms with E-state index in [1.807, 2.05) is 0 Å². The van der Waals surface area contributed by atoms with Crippen LogP contribution in [0.2, 0.25) is 0 Å². The second-order valence-electron chi connectivity index (χ2n) is 4.39. The summed E-state index contributed by atoms with van der Waals surface area (Å²) in [6.07, 6.45) is 5.15. The largest absolute Gasteiger partial charge is 0.493 e. The molecule has 0 aliphatic heterocycles. The van der Waals surface area contributed by atoms with Crippen LogP contribution in [0.5, 0.6) is 0 Å². The Labute approximate surface area is 118 Å². The molecule has 0 saturated carbocycles. The van der Waals surface area contributed by atoms with E-state index in [0.717, 1.165) is 17.6 Å². The summed E-state index contributed by atoms with van der Waals surface area (Å²) in [5.74, 6) is 2.06. The SMILES string of the molecule is C=C(OC)c1ncn(COCC[S+](C)C(C)CC)n1. The van der Waals surface area contributed by atoms with Crippen molar-refractivity contribution in [2.75, 3.05) is 25.7 Å². The van der Waals surface area contributed by atoms with Gasteiger partial charge in [0.15, 0.2) is 5.76 Å². The molecule has 0 N–H and O–H groups in total. The van der Waals surface area contributed by atoms with E-state index < -0.39 is 0 Å². The maximum Gasteiger partial charge on any atom is 0.215 e. The third-order valence-electron chi connectivity index (χ3n) is 3.07. The molecule has 0 bridgehead atoms. The molecule has 0 aromatic carbocycles. The highest BCUT2D eigenvalue weighted by Gasteiger charge is 2.18. The van der Waals surface area contributed by atoms with E-state index in [4.69, 9.17) is 9.47 Å². The van der Waals surface area contributed by atoms with Crippen LogP contribution in [0.1, 0.15) is 26.1 Å². The van der Waals surface area contributed by atoms with Crippen molar-refractivity contribution >= 4 is 16.7 Å². The molecule has 2 atom stereocenters. The molecule has 6 heteroatoms. The van der Waals surface area contributed by atoms with Crippen molar-refractivity contribution in [3.05, 3.63) is 18.7 Å². The highest BCUT2D eigenvalue weighted by molar-refractivity contribution is 7.96. The highest BCUT2D eigenvalue weighted by atomic mass is 32.2. The third-order valence-corrected chi connectivity index (χ3v) is 5.59. The number of rotatable bonds is 9. The average Bonchev–Trinajstić information content (AvgIpc) is 2.90. The first kappa shape index (κ1) is 16.0. The number of aromatic nitrogens is 3. The minimum Gasteiger partial charge on any atom is -0.493 e. The Bertz CT molecular complexity index is 395. The fourth-order valence-corrected chi connectivity index (χ4v) is 2.76. The predicted molar refractivity (Wildman–Crippen MR) is 79.9 cm³/mol. The zero-order chi connectivity index (χ0) is 14.3. The molecule has 0 aliphatic rings. The lowest BCUT2D eigenvalue weighted by atomic mass is 10.4. The predicted octanol–water partition coefficient (Wildman–Crippen LogP) is 1.92. The van der Waals surface area contributed by atoms with Gasteiger partial charge in [-0.2, -0.15) is 0 Å². The molecule has 0 amide bonds. The van der Waals surface area contributed by atoms with Crippen molar-refractivity contribution in [1.82, 2.24) is 14.8 Å². The van der Waals surface area contributed by atoms with Crippen LogP contribution in [0.4, 0.5) is 0 Å². The molecule has 0 aliphatic carbocycles. The van der Waals surface area contributed by atoms with E-state index in [1.165, 1.54) is 6.42 Å². The fourth-order valence-electron chi connectivity index (χ4n) is 1.41. The summed E-state index contributed by atoms with van der Waals surface area (Å²) >= 11 is 0. The molecular formula is C13H24N3O2S+. The van der Waals surface area contributed by atoms with E-state index in [1.54, 1.807) is 18.1 Å². The van der Waals surface area contributed by atoms with Crippen molar-refractivity contribution in [2.45, 2.75) is 32.2 Å². The molecule has 0 radical (unpaired) electrons. The minimum absolute atomic E-state index is 0.418. The Morgan fingerprint density at radius 1 is 1.58 bits per heavy atom. The van der Waals surface area contributed by atoms with Crippen LogP contribution in [0, 0.1) is 0 Å². The lowest BCUT2D eigenvalue weighted by Crippen LogP contribution is -2.22. The standard InChI is InChI=1S/C13H24N3O2S/c1-6-11(2)19(5)8-7-18-10-16-9-14-13(15-16)12(3)17-4/h9,11H,3,6-8,10H2,1-2,4-5H3/q+1. The first-order chi connectivity index (χ1) is 9.08. The van der Waals surface area contributed by atoms with Crippen molar-refractivity contribution in [1.29, 1.82) is 0 Å². The van der Waals surface area contributed by atoms with E-state index in [0.29, 0.717) is 29.2 Å². The minimum atomic E-state index is 0.418. The Morgan fingerprint density at radius 3 is 2.95 bits per heavy atom. The maximum absolute atomic E-state index is 5.61. The second-order valence-corrected chi connectivity index (χ2v) is 6.98. The summed E-state index contributed by atoms with van der Waals surface area (Å²) < 4.78 is 12.2. The van der Waals surface area contributed by atoms with Gasteiger partial charge in [0.05, 0.1) is 20.0 Å². The van der Waals surface area contributed by atoms with Gasteiger partial charge < -0.3 is 9.47 Å². The highest BCUT2D eigenvalue weighted by Crippen LogP contribution is 2.07. The van der Waals surface area contributed by atoms with Gasteiger partial charge in [-0.1, -0.05) is 13.5 Å². The number of methoxy groups -OCH3 is 1. The van der Waals surface area contributed by atoms with E-state index in [2.05, 4.69) is 36.8 Å². The van der Waals surface area contributed by atoms with Crippen LogP contribution in [0.15, 0.2) is 12.9 Å². The second kappa shape index (κ2) is 8.22. The van der Waals surface area contributed by atoms with Gasteiger partial charge in [-0.15, -0.1) is 5.10 Å².